The molecule has 1 fully saturated rings. The van der Waals surface area contributed by atoms with E-state index in [-0.39, 0.29) is 5.97 Å². The number of hydrogen-bond acceptors (Lipinski definition) is 4. The molecule has 2 rings (SSSR count). The number of ether oxygens (including phenoxy) is 1. The van der Waals surface area contributed by atoms with Crippen LogP contribution < -0.4 is 10.6 Å². The first-order valence-corrected chi connectivity index (χ1v) is 7.40. The second-order valence-corrected chi connectivity index (χ2v) is 5.50. The Morgan fingerprint density at radius 3 is 2.60 bits per heavy atom. The molecule has 1 aromatic carbocycles. The molecule has 1 aliphatic rings. The Kier molecular flexibility index (Phi) is 4.53. The zero-order chi connectivity index (χ0) is 14.7. The minimum absolute atomic E-state index is 0.343. The predicted octanol–water partition coefficient (Wildman–Crippen LogP) is 3.21. The largest absolute Gasteiger partial charge is 0.462 e. The number of hydrogen-bond donors (Lipinski definition) is 1. The van der Waals surface area contributed by atoms with Gasteiger partial charge in [-0.1, -0.05) is 6.07 Å². The maximum Gasteiger partial charge on any atom is 0.340 e. The lowest BCUT2D eigenvalue weighted by Crippen LogP contribution is -2.44. The van der Waals surface area contributed by atoms with E-state index >= 15 is 0 Å². The lowest BCUT2D eigenvalue weighted by Gasteiger charge is -2.41. The highest BCUT2D eigenvalue weighted by Gasteiger charge is 2.27. The van der Waals surface area contributed by atoms with E-state index in [1.54, 1.807) is 13.0 Å². The van der Waals surface area contributed by atoms with Crippen molar-refractivity contribution in [2.45, 2.75) is 52.1 Å². The van der Waals surface area contributed by atoms with E-state index in [2.05, 4.69) is 18.7 Å². The zero-order valence-corrected chi connectivity index (χ0v) is 12.6. The molecule has 110 valence electrons. The number of esters is 1. The Balaban J connectivity index is 2.37. The SMILES string of the molecule is CCOC(=O)c1cccc(N2C(C)CCCC2C)c1N. The maximum absolute atomic E-state index is 11.9. The van der Waals surface area contributed by atoms with E-state index in [0.29, 0.717) is 29.9 Å². The molecule has 0 bridgehead atoms. The standard InChI is InChI=1S/C16H24N2O2/c1-4-20-16(19)13-9-6-10-14(15(13)17)18-11(2)7-5-8-12(18)3/h6,9-12H,4-5,7-8,17H2,1-3H3. The number of benzene rings is 1. The summed E-state index contributed by atoms with van der Waals surface area (Å²) < 4.78 is 5.07. The molecule has 1 heterocycles. The molecule has 4 nitrogen and oxygen atoms in total. The Labute approximate surface area is 120 Å². The van der Waals surface area contributed by atoms with Gasteiger partial charge in [-0.15, -0.1) is 0 Å². The van der Waals surface area contributed by atoms with Crippen molar-refractivity contribution in [3.63, 3.8) is 0 Å². The van der Waals surface area contributed by atoms with Crippen LogP contribution in [0.3, 0.4) is 0 Å². The van der Waals surface area contributed by atoms with Crippen LogP contribution in [0.25, 0.3) is 0 Å². The quantitative estimate of drug-likeness (QED) is 0.680. The molecule has 0 aromatic heterocycles. The number of nitrogen functional groups attached to an aromatic ring is 1. The van der Waals surface area contributed by atoms with E-state index in [1.165, 1.54) is 6.42 Å². The molecule has 0 aliphatic carbocycles. The van der Waals surface area contributed by atoms with Crippen LogP contribution in [0.4, 0.5) is 11.4 Å². The molecule has 2 N–H and O–H groups in total. The van der Waals surface area contributed by atoms with Gasteiger partial charge in [0.15, 0.2) is 0 Å². The summed E-state index contributed by atoms with van der Waals surface area (Å²) in [5.74, 6) is -0.343. The van der Waals surface area contributed by atoms with Crippen molar-refractivity contribution in [2.75, 3.05) is 17.2 Å². The fraction of sp³-hybridized carbons (Fsp3) is 0.562. The molecular formula is C16H24N2O2. The van der Waals surface area contributed by atoms with Crippen molar-refractivity contribution >= 4 is 17.3 Å². The number of carbonyl (C=O) groups is 1. The molecule has 20 heavy (non-hydrogen) atoms. The van der Waals surface area contributed by atoms with Gasteiger partial charge in [0.25, 0.3) is 0 Å². The van der Waals surface area contributed by atoms with Crippen molar-refractivity contribution in [3.05, 3.63) is 23.8 Å². The molecule has 1 saturated heterocycles. The number of anilines is 2. The van der Waals surface area contributed by atoms with Crippen molar-refractivity contribution in [1.82, 2.24) is 0 Å². The topological polar surface area (TPSA) is 55.6 Å². The first-order chi connectivity index (χ1) is 9.56. The summed E-state index contributed by atoms with van der Waals surface area (Å²) in [6.07, 6.45) is 3.57. The maximum atomic E-state index is 11.9. The summed E-state index contributed by atoms with van der Waals surface area (Å²) in [6, 6.07) is 6.50. The molecule has 0 spiro atoms. The minimum Gasteiger partial charge on any atom is -0.462 e. The molecule has 0 radical (unpaired) electrons. The molecule has 1 aromatic rings. The van der Waals surface area contributed by atoms with Crippen LogP contribution in [-0.4, -0.2) is 24.7 Å². The smallest absolute Gasteiger partial charge is 0.340 e. The van der Waals surface area contributed by atoms with E-state index in [1.807, 2.05) is 12.1 Å². The fourth-order valence-electron chi connectivity index (χ4n) is 3.06. The van der Waals surface area contributed by atoms with Crippen LogP contribution in [0, 0.1) is 0 Å². The van der Waals surface area contributed by atoms with Gasteiger partial charge in [0.2, 0.25) is 0 Å². The van der Waals surface area contributed by atoms with E-state index in [4.69, 9.17) is 10.5 Å². The molecule has 2 unspecified atom stereocenters. The Morgan fingerprint density at radius 2 is 2.00 bits per heavy atom. The number of nitrogens with two attached hydrogens (primary N) is 1. The number of rotatable bonds is 3. The number of nitrogens with zero attached hydrogens (tertiary/aromatic N) is 1. The van der Waals surface area contributed by atoms with Gasteiger partial charge in [-0.05, 0) is 52.2 Å². The number of piperidine rings is 1. The monoisotopic (exact) mass is 276 g/mol. The molecule has 1 aliphatic heterocycles. The Bertz CT molecular complexity index is 477. The molecular weight excluding hydrogens is 252 g/mol. The summed E-state index contributed by atoms with van der Waals surface area (Å²) >= 11 is 0. The fourth-order valence-corrected chi connectivity index (χ4v) is 3.06. The summed E-state index contributed by atoms with van der Waals surface area (Å²) in [5, 5.41) is 0. The van der Waals surface area contributed by atoms with Gasteiger partial charge in [0.05, 0.1) is 23.5 Å². The number of para-hydroxylation sites is 1. The Hall–Kier alpha value is -1.71. The molecule has 4 heteroatoms. The molecule has 0 amide bonds. The van der Waals surface area contributed by atoms with Crippen molar-refractivity contribution in [3.8, 4) is 0 Å². The highest BCUT2D eigenvalue weighted by atomic mass is 16.5. The van der Waals surface area contributed by atoms with Crippen molar-refractivity contribution < 1.29 is 9.53 Å². The van der Waals surface area contributed by atoms with Crippen molar-refractivity contribution in [1.29, 1.82) is 0 Å². The minimum atomic E-state index is -0.343. The van der Waals surface area contributed by atoms with Crippen LogP contribution in [0.2, 0.25) is 0 Å². The second kappa shape index (κ2) is 6.16. The van der Waals surface area contributed by atoms with Crippen LogP contribution >= 0.6 is 0 Å². The second-order valence-electron chi connectivity index (χ2n) is 5.50. The summed E-state index contributed by atoms with van der Waals surface area (Å²) in [6.45, 7) is 6.59. The van der Waals surface area contributed by atoms with Crippen LogP contribution in [0.1, 0.15) is 50.4 Å². The predicted molar refractivity (Wildman–Crippen MR) is 82.1 cm³/mol. The molecule has 0 saturated carbocycles. The van der Waals surface area contributed by atoms with Gasteiger partial charge < -0.3 is 15.4 Å². The van der Waals surface area contributed by atoms with Gasteiger partial charge in [0.1, 0.15) is 0 Å². The summed E-state index contributed by atoms with van der Waals surface area (Å²) in [7, 11) is 0. The van der Waals surface area contributed by atoms with Crippen LogP contribution in [0.15, 0.2) is 18.2 Å². The third-order valence-electron chi connectivity index (χ3n) is 4.05. The summed E-state index contributed by atoms with van der Waals surface area (Å²) in [4.78, 5) is 14.3. The third-order valence-corrected chi connectivity index (χ3v) is 4.05. The average Bonchev–Trinajstić information content (AvgIpc) is 2.40. The van der Waals surface area contributed by atoms with Crippen LogP contribution in [0.5, 0.6) is 0 Å². The average molecular weight is 276 g/mol. The van der Waals surface area contributed by atoms with Gasteiger partial charge in [-0.25, -0.2) is 4.79 Å². The lowest BCUT2D eigenvalue weighted by atomic mass is 9.95. The van der Waals surface area contributed by atoms with Gasteiger partial charge in [0, 0.05) is 12.1 Å². The highest BCUT2D eigenvalue weighted by molar-refractivity contribution is 5.98. The first kappa shape index (κ1) is 14.7. The van der Waals surface area contributed by atoms with E-state index < -0.39 is 0 Å². The first-order valence-electron chi connectivity index (χ1n) is 7.40. The highest BCUT2D eigenvalue weighted by Crippen LogP contribution is 2.34. The molecule has 2 atom stereocenters. The van der Waals surface area contributed by atoms with Gasteiger partial charge in [-0.2, -0.15) is 0 Å². The number of carbonyl (C=O) groups excluding carboxylic acids is 1. The lowest BCUT2D eigenvalue weighted by molar-refractivity contribution is 0.0527. The van der Waals surface area contributed by atoms with Gasteiger partial charge in [-0.3, -0.25) is 0 Å². The van der Waals surface area contributed by atoms with E-state index in [9.17, 15) is 4.79 Å². The summed E-state index contributed by atoms with van der Waals surface area (Å²) in [5.41, 5.74) is 8.18. The third kappa shape index (κ3) is 2.74. The normalized spacial score (nSPS) is 22.6. The van der Waals surface area contributed by atoms with Crippen LogP contribution in [-0.2, 0) is 4.74 Å². The van der Waals surface area contributed by atoms with E-state index in [0.717, 1.165) is 18.5 Å². The van der Waals surface area contributed by atoms with Gasteiger partial charge >= 0.3 is 5.97 Å². The Morgan fingerprint density at radius 1 is 1.35 bits per heavy atom. The zero-order valence-electron chi connectivity index (χ0n) is 12.6. The van der Waals surface area contributed by atoms with Crippen molar-refractivity contribution in [2.24, 2.45) is 0 Å².